The molecule has 0 amide bonds. The van der Waals surface area contributed by atoms with Crippen molar-refractivity contribution in [3.8, 4) is 6.07 Å². The van der Waals surface area contributed by atoms with Crippen LogP contribution in [-0.4, -0.2) is 23.4 Å². The first-order valence-corrected chi connectivity index (χ1v) is 5.02. The van der Waals surface area contributed by atoms with Gasteiger partial charge in [0.1, 0.15) is 5.60 Å². The molecule has 0 saturated heterocycles. The molecule has 3 heteroatoms. The van der Waals surface area contributed by atoms with Crippen LogP contribution in [0.5, 0.6) is 0 Å². The van der Waals surface area contributed by atoms with Gasteiger partial charge in [0.25, 0.3) is 0 Å². The predicted octanol–water partition coefficient (Wildman–Crippen LogP) is 1.86. The summed E-state index contributed by atoms with van der Waals surface area (Å²) in [6.07, 6.45) is 2.55. The van der Waals surface area contributed by atoms with Crippen LogP contribution in [0.1, 0.15) is 40.0 Å². The van der Waals surface area contributed by atoms with E-state index in [1.807, 2.05) is 13.8 Å². The normalized spacial score (nSPS) is 24.6. The van der Waals surface area contributed by atoms with E-state index in [1.165, 1.54) is 0 Å². The van der Waals surface area contributed by atoms with Crippen molar-refractivity contribution < 1.29 is 9.84 Å². The van der Waals surface area contributed by atoms with Crippen LogP contribution in [0.2, 0.25) is 0 Å². The van der Waals surface area contributed by atoms with E-state index in [1.54, 1.807) is 14.0 Å². The van der Waals surface area contributed by atoms with Crippen molar-refractivity contribution in [2.75, 3.05) is 7.11 Å². The standard InChI is InChI=1S/C11H19NO2/c1-9(2,14-4)10(3,13)11(8-12)6-5-7-11/h13H,5-7H2,1-4H3. The van der Waals surface area contributed by atoms with Gasteiger partial charge >= 0.3 is 0 Å². The van der Waals surface area contributed by atoms with E-state index in [4.69, 9.17) is 10.00 Å². The second-order valence-corrected chi connectivity index (χ2v) is 4.83. The molecule has 80 valence electrons. The molecule has 1 unspecified atom stereocenters. The predicted molar refractivity (Wildman–Crippen MR) is 53.6 cm³/mol. The van der Waals surface area contributed by atoms with Crippen molar-refractivity contribution in [2.24, 2.45) is 5.41 Å². The van der Waals surface area contributed by atoms with Crippen molar-refractivity contribution in [1.82, 2.24) is 0 Å². The van der Waals surface area contributed by atoms with Crippen molar-refractivity contribution in [3.63, 3.8) is 0 Å². The number of hydrogen-bond acceptors (Lipinski definition) is 3. The van der Waals surface area contributed by atoms with Gasteiger partial charge in [0.05, 0.1) is 17.1 Å². The highest BCUT2D eigenvalue weighted by Crippen LogP contribution is 2.53. The summed E-state index contributed by atoms with van der Waals surface area (Å²) in [4.78, 5) is 0. The topological polar surface area (TPSA) is 53.2 Å². The van der Waals surface area contributed by atoms with Crippen LogP contribution in [0.3, 0.4) is 0 Å². The molecule has 14 heavy (non-hydrogen) atoms. The highest BCUT2D eigenvalue weighted by molar-refractivity contribution is 5.19. The van der Waals surface area contributed by atoms with Gasteiger partial charge in [-0.2, -0.15) is 5.26 Å². The maximum atomic E-state index is 10.5. The maximum Gasteiger partial charge on any atom is 0.109 e. The highest BCUT2D eigenvalue weighted by atomic mass is 16.5. The third kappa shape index (κ3) is 1.25. The summed E-state index contributed by atoms with van der Waals surface area (Å²) in [5.41, 5.74) is -2.41. The fourth-order valence-electron chi connectivity index (χ4n) is 2.01. The largest absolute Gasteiger partial charge is 0.386 e. The molecular formula is C11H19NO2. The summed E-state index contributed by atoms with van der Waals surface area (Å²) >= 11 is 0. The molecule has 0 bridgehead atoms. The van der Waals surface area contributed by atoms with Crippen LogP contribution in [0.25, 0.3) is 0 Å². The summed E-state index contributed by atoms with van der Waals surface area (Å²) in [6, 6.07) is 2.27. The maximum absolute atomic E-state index is 10.5. The van der Waals surface area contributed by atoms with Crippen molar-refractivity contribution in [3.05, 3.63) is 0 Å². The molecule has 1 N–H and O–H groups in total. The zero-order valence-corrected chi connectivity index (χ0v) is 9.42. The van der Waals surface area contributed by atoms with Gasteiger partial charge in [-0.3, -0.25) is 0 Å². The monoisotopic (exact) mass is 197 g/mol. The van der Waals surface area contributed by atoms with Crippen LogP contribution in [0.15, 0.2) is 0 Å². The Morgan fingerprint density at radius 2 is 1.86 bits per heavy atom. The Kier molecular flexibility index (Phi) is 2.64. The van der Waals surface area contributed by atoms with E-state index in [0.717, 1.165) is 19.3 Å². The Hall–Kier alpha value is -0.590. The molecule has 1 atom stereocenters. The quantitative estimate of drug-likeness (QED) is 0.751. The lowest BCUT2D eigenvalue weighted by Crippen LogP contribution is -2.62. The van der Waals surface area contributed by atoms with Crippen LogP contribution >= 0.6 is 0 Å². The summed E-state index contributed by atoms with van der Waals surface area (Å²) < 4.78 is 5.29. The summed E-state index contributed by atoms with van der Waals surface area (Å²) in [5, 5.41) is 19.6. The zero-order valence-electron chi connectivity index (χ0n) is 9.42. The molecule has 0 aliphatic heterocycles. The van der Waals surface area contributed by atoms with Gasteiger partial charge in [-0.15, -0.1) is 0 Å². The molecule has 0 aromatic carbocycles. The van der Waals surface area contributed by atoms with E-state index in [-0.39, 0.29) is 0 Å². The number of aliphatic hydroxyl groups is 1. The molecule has 0 aromatic rings. The van der Waals surface area contributed by atoms with Gasteiger partial charge in [-0.25, -0.2) is 0 Å². The first kappa shape index (κ1) is 11.5. The second-order valence-electron chi connectivity index (χ2n) is 4.83. The average molecular weight is 197 g/mol. The number of hydrogen-bond donors (Lipinski definition) is 1. The van der Waals surface area contributed by atoms with E-state index >= 15 is 0 Å². The van der Waals surface area contributed by atoms with Crippen LogP contribution in [0, 0.1) is 16.7 Å². The smallest absolute Gasteiger partial charge is 0.109 e. The van der Waals surface area contributed by atoms with Crippen LogP contribution in [0.4, 0.5) is 0 Å². The first-order chi connectivity index (χ1) is 6.33. The van der Waals surface area contributed by atoms with Crippen molar-refractivity contribution in [2.45, 2.75) is 51.2 Å². The number of rotatable bonds is 3. The molecule has 3 nitrogen and oxygen atoms in total. The van der Waals surface area contributed by atoms with Gasteiger partial charge in [0.15, 0.2) is 0 Å². The Labute approximate surface area is 85.7 Å². The van der Waals surface area contributed by atoms with Gasteiger partial charge in [-0.05, 0) is 33.6 Å². The first-order valence-electron chi connectivity index (χ1n) is 5.02. The third-order valence-corrected chi connectivity index (χ3v) is 4.04. The minimum absolute atomic E-state index is 0.619. The number of ether oxygens (including phenoxy) is 1. The lowest BCUT2D eigenvalue weighted by atomic mass is 9.56. The Morgan fingerprint density at radius 1 is 1.36 bits per heavy atom. The molecule has 1 aliphatic carbocycles. The van der Waals surface area contributed by atoms with Gasteiger partial charge in [-0.1, -0.05) is 6.42 Å². The molecule has 1 rings (SSSR count). The summed E-state index contributed by atoms with van der Waals surface area (Å²) in [7, 11) is 1.57. The fourth-order valence-corrected chi connectivity index (χ4v) is 2.01. The second kappa shape index (κ2) is 3.22. The minimum Gasteiger partial charge on any atom is -0.386 e. The fraction of sp³-hybridized carbons (Fsp3) is 0.909. The molecule has 1 saturated carbocycles. The van der Waals surface area contributed by atoms with Crippen LogP contribution < -0.4 is 0 Å². The van der Waals surface area contributed by atoms with Crippen LogP contribution in [-0.2, 0) is 4.74 Å². The summed E-state index contributed by atoms with van der Waals surface area (Å²) in [5.74, 6) is 0. The van der Waals surface area contributed by atoms with E-state index < -0.39 is 16.6 Å². The Balaban J connectivity index is 3.00. The Morgan fingerprint density at radius 3 is 2.07 bits per heavy atom. The molecule has 1 fully saturated rings. The number of nitrogens with zero attached hydrogens (tertiary/aromatic N) is 1. The SMILES string of the molecule is COC(C)(C)C(C)(O)C1(C#N)CCC1. The molecule has 1 aliphatic rings. The van der Waals surface area contributed by atoms with E-state index in [0.29, 0.717) is 0 Å². The van der Waals surface area contributed by atoms with Crippen molar-refractivity contribution >= 4 is 0 Å². The van der Waals surface area contributed by atoms with E-state index in [2.05, 4.69) is 6.07 Å². The number of methoxy groups -OCH3 is 1. The van der Waals surface area contributed by atoms with Gasteiger partial charge in [0, 0.05) is 7.11 Å². The third-order valence-electron chi connectivity index (χ3n) is 4.04. The highest BCUT2D eigenvalue weighted by Gasteiger charge is 2.59. The number of nitriles is 1. The molecule has 0 aromatic heterocycles. The lowest BCUT2D eigenvalue weighted by molar-refractivity contribution is -0.205. The molecule has 0 radical (unpaired) electrons. The van der Waals surface area contributed by atoms with Gasteiger partial charge < -0.3 is 9.84 Å². The Bertz CT molecular complexity index is 259. The average Bonchev–Trinajstić information content (AvgIpc) is 2.02. The molecule has 0 heterocycles. The summed E-state index contributed by atoms with van der Waals surface area (Å²) in [6.45, 7) is 5.35. The molecule has 0 spiro atoms. The minimum atomic E-state index is -1.10. The lowest BCUT2D eigenvalue weighted by Gasteiger charge is -2.53. The van der Waals surface area contributed by atoms with Crippen molar-refractivity contribution in [1.29, 1.82) is 5.26 Å². The van der Waals surface area contributed by atoms with E-state index in [9.17, 15) is 5.11 Å². The van der Waals surface area contributed by atoms with Gasteiger partial charge in [0.2, 0.25) is 0 Å². The molecular weight excluding hydrogens is 178 g/mol. The zero-order chi connectivity index (χ0) is 11.0.